The van der Waals surface area contributed by atoms with Gasteiger partial charge >= 0.3 is 5.97 Å². The summed E-state index contributed by atoms with van der Waals surface area (Å²) < 4.78 is 17.7. The van der Waals surface area contributed by atoms with Crippen molar-refractivity contribution >= 4 is 16.9 Å². The first-order chi connectivity index (χ1) is 7.65. The van der Waals surface area contributed by atoms with Crippen LogP contribution in [0.3, 0.4) is 0 Å². The van der Waals surface area contributed by atoms with Gasteiger partial charge < -0.3 is 9.72 Å². The van der Waals surface area contributed by atoms with Crippen LogP contribution >= 0.6 is 0 Å². The Labute approximate surface area is 89.7 Å². The minimum atomic E-state index is -0.743. The number of carbonyl (C=O) groups is 1. The summed E-state index contributed by atoms with van der Waals surface area (Å²) in [4.78, 5) is 25.6. The third-order valence-electron chi connectivity index (χ3n) is 2.27. The monoisotopic (exact) mass is 221 g/mol. The summed E-state index contributed by atoms with van der Waals surface area (Å²) in [5.41, 5.74) is -0.596. The first-order valence-electron chi connectivity index (χ1n) is 4.53. The second-order valence-corrected chi connectivity index (χ2v) is 3.19. The molecule has 0 aliphatic heterocycles. The number of benzene rings is 1. The molecule has 82 valence electrons. The van der Waals surface area contributed by atoms with Gasteiger partial charge in [-0.05, 0) is 12.1 Å². The van der Waals surface area contributed by atoms with Gasteiger partial charge in [-0.15, -0.1) is 0 Å². The van der Waals surface area contributed by atoms with Crippen LogP contribution in [-0.2, 0) is 4.74 Å². The highest BCUT2D eigenvalue weighted by Crippen LogP contribution is 2.12. The van der Waals surface area contributed by atoms with Gasteiger partial charge in [0, 0.05) is 11.6 Å². The molecule has 0 amide bonds. The summed E-state index contributed by atoms with van der Waals surface area (Å²) in [6, 6.07) is 4.09. The Balaban J connectivity index is 2.81. The number of halogens is 1. The van der Waals surface area contributed by atoms with Gasteiger partial charge in [0.25, 0.3) is 0 Å². The number of pyridine rings is 1. The molecular formula is C11H8FNO3. The van der Waals surface area contributed by atoms with E-state index in [0.717, 1.165) is 6.20 Å². The van der Waals surface area contributed by atoms with Gasteiger partial charge in [-0.25, -0.2) is 9.18 Å². The molecule has 1 aromatic heterocycles. The van der Waals surface area contributed by atoms with Crippen molar-refractivity contribution in [3.05, 3.63) is 46.0 Å². The van der Waals surface area contributed by atoms with E-state index < -0.39 is 17.2 Å². The Morgan fingerprint density at radius 2 is 2.19 bits per heavy atom. The summed E-state index contributed by atoms with van der Waals surface area (Å²) in [6.45, 7) is 0. The Bertz CT molecular complexity index is 618. The van der Waals surface area contributed by atoms with Crippen LogP contribution in [0.25, 0.3) is 10.9 Å². The first-order valence-corrected chi connectivity index (χ1v) is 4.53. The lowest BCUT2D eigenvalue weighted by atomic mass is 10.1. The summed E-state index contributed by atoms with van der Waals surface area (Å²) in [5, 5.41) is 0.128. The smallest absolute Gasteiger partial charge is 0.343 e. The number of carbonyl (C=O) groups excluding carboxylic acids is 1. The number of para-hydroxylation sites is 1. The zero-order chi connectivity index (χ0) is 11.7. The van der Waals surface area contributed by atoms with Crippen molar-refractivity contribution in [2.24, 2.45) is 0 Å². The van der Waals surface area contributed by atoms with Crippen LogP contribution in [-0.4, -0.2) is 18.1 Å². The summed E-state index contributed by atoms with van der Waals surface area (Å²) in [6.07, 6.45) is 1.15. The average Bonchev–Trinajstić information content (AvgIpc) is 2.30. The minimum absolute atomic E-state index is 0.0835. The Morgan fingerprint density at radius 3 is 2.88 bits per heavy atom. The molecule has 2 aromatic rings. The molecule has 0 spiro atoms. The van der Waals surface area contributed by atoms with Crippen LogP contribution in [0.15, 0.2) is 29.2 Å². The quantitative estimate of drug-likeness (QED) is 0.741. The maximum absolute atomic E-state index is 13.3. The van der Waals surface area contributed by atoms with Crippen molar-refractivity contribution in [2.75, 3.05) is 7.11 Å². The number of hydrogen-bond donors (Lipinski definition) is 1. The van der Waals surface area contributed by atoms with E-state index in [1.807, 2.05) is 0 Å². The zero-order valence-corrected chi connectivity index (χ0v) is 8.41. The van der Waals surface area contributed by atoms with E-state index in [1.165, 1.54) is 25.3 Å². The lowest BCUT2D eigenvalue weighted by Crippen LogP contribution is -2.17. The van der Waals surface area contributed by atoms with Crippen molar-refractivity contribution in [2.45, 2.75) is 0 Å². The Kier molecular flexibility index (Phi) is 2.44. The Hall–Kier alpha value is -2.17. The van der Waals surface area contributed by atoms with Crippen LogP contribution in [0, 0.1) is 5.82 Å². The number of esters is 1. The second kappa shape index (κ2) is 3.77. The highest BCUT2D eigenvalue weighted by molar-refractivity contribution is 5.93. The number of nitrogens with one attached hydrogen (secondary N) is 1. The molecule has 0 radical (unpaired) electrons. The molecule has 0 unspecified atom stereocenters. The standard InChI is InChI=1S/C11H8FNO3/c1-16-11(15)7-5-13-9-6(10(7)14)3-2-4-8(9)12/h2-5H,1H3,(H,13,14). The minimum Gasteiger partial charge on any atom is -0.465 e. The second-order valence-electron chi connectivity index (χ2n) is 3.19. The molecule has 0 bridgehead atoms. The maximum Gasteiger partial charge on any atom is 0.343 e. The third kappa shape index (κ3) is 1.46. The van der Waals surface area contributed by atoms with E-state index in [0.29, 0.717) is 0 Å². The number of ether oxygens (including phenoxy) is 1. The number of aromatic amines is 1. The molecule has 1 N–H and O–H groups in total. The molecule has 0 aliphatic rings. The fourth-order valence-corrected chi connectivity index (χ4v) is 1.48. The molecule has 1 aromatic carbocycles. The van der Waals surface area contributed by atoms with Gasteiger partial charge in [0.05, 0.1) is 12.6 Å². The van der Waals surface area contributed by atoms with Gasteiger partial charge in [-0.3, -0.25) is 4.79 Å². The third-order valence-corrected chi connectivity index (χ3v) is 2.27. The van der Waals surface area contributed by atoms with Gasteiger partial charge in [0.1, 0.15) is 11.4 Å². The molecular weight excluding hydrogens is 213 g/mol. The van der Waals surface area contributed by atoms with Gasteiger partial charge in [-0.1, -0.05) is 6.07 Å². The number of methoxy groups -OCH3 is 1. The maximum atomic E-state index is 13.3. The highest BCUT2D eigenvalue weighted by Gasteiger charge is 2.14. The lowest BCUT2D eigenvalue weighted by molar-refractivity contribution is 0.0599. The van der Waals surface area contributed by atoms with Crippen molar-refractivity contribution < 1.29 is 13.9 Å². The largest absolute Gasteiger partial charge is 0.465 e. The van der Waals surface area contributed by atoms with Crippen molar-refractivity contribution in [1.29, 1.82) is 0 Å². The van der Waals surface area contributed by atoms with E-state index in [-0.39, 0.29) is 16.5 Å². The number of H-pyrrole nitrogens is 1. The fourth-order valence-electron chi connectivity index (χ4n) is 1.48. The number of rotatable bonds is 1. The lowest BCUT2D eigenvalue weighted by Gasteiger charge is -2.02. The molecule has 0 fully saturated rings. The zero-order valence-electron chi connectivity index (χ0n) is 8.41. The molecule has 0 aliphatic carbocycles. The van der Waals surface area contributed by atoms with E-state index in [1.54, 1.807) is 0 Å². The molecule has 5 heteroatoms. The molecule has 16 heavy (non-hydrogen) atoms. The fraction of sp³-hybridized carbons (Fsp3) is 0.0909. The van der Waals surface area contributed by atoms with Crippen LogP contribution in [0.4, 0.5) is 4.39 Å². The van der Waals surface area contributed by atoms with Crippen LogP contribution in [0.1, 0.15) is 10.4 Å². The number of aromatic nitrogens is 1. The van der Waals surface area contributed by atoms with E-state index in [2.05, 4.69) is 9.72 Å². The molecule has 2 rings (SSSR count). The predicted octanol–water partition coefficient (Wildman–Crippen LogP) is 1.45. The van der Waals surface area contributed by atoms with Crippen molar-refractivity contribution in [3.8, 4) is 0 Å². The Morgan fingerprint density at radius 1 is 1.44 bits per heavy atom. The summed E-state index contributed by atoms with van der Waals surface area (Å²) in [5.74, 6) is -1.28. The average molecular weight is 221 g/mol. The molecule has 0 saturated carbocycles. The van der Waals surface area contributed by atoms with E-state index >= 15 is 0 Å². The number of hydrogen-bond acceptors (Lipinski definition) is 3. The van der Waals surface area contributed by atoms with Crippen molar-refractivity contribution in [3.63, 3.8) is 0 Å². The molecule has 0 saturated heterocycles. The van der Waals surface area contributed by atoms with Crippen LogP contribution < -0.4 is 5.43 Å². The van der Waals surface area contributed by atoms with Gasteiger partial charge in [-0.2, -0.15) is 0 Å². The number of fused-ring (bicyclic) bond motifs is 1. The first kappa shape index (κ1) is 10.4. The summed E-state index contributed by atoms with van der Waals surface area (Å²) >= 11 is 0. The van der Waals surface area contributed by atoms with Crippen LogP contribution in [0.2, 0.25) is 0 Å². The molecule has 0 atom stereocenters. The topological polar surface area (TPSA) is 59.2 Å². The SMILES string of the molecule is COC(=O)c1c[nH]c2c(F)cccc2c1=O. The van der Waals surface area contributed by atoms with Crippen molar-refractivity contribution in [1.82, 2.24) is 4.98 Å². The molecule has 4 nitrogen and oxygen atoms in total. The van der Waals surface area contributed by atoms with E-state index in [9.17, 15) is 14.0 Å². The van der Waals surface area contributed by atoms with Crippen LogP contribution in [0.5, 0.6) is 0 Å². The highest BCUT2D eigenvalue weighted by atomic mass is 19.1. The van der Waals surface area contributed by atoms with E-state index in [4.69, 9.17) is 0 Å². The van der Waals surface area contributed by atoms with Gasteiger partial charge in [0.15, 0.2) is 0 Å². The summed E-state index contributed by atoms with van der Waals surface area (Å²) in [7, 11) is 1.18. The predicted molar refractivity (Wildman–Crippen MR) is 55.9 cm³/mol. The van der Waals surface area contributed by atoms with Gasteiger partial charge in [0.2, 0.25) is 5.43 Å². The normalized spacial score (nSPS) is 10.4. The molecule has 1 heterocycles.